The Kier molecular flexibility index (Phi) is 4.95. The molecule has 0 spiro atoms. The van der Waals surface area contributed by atoms with E-state index in [-0.39, 0.29) is 29.8 Å². The molecule has 0 atom stereocenters. The van der Waals surface area contributed by atoms with Crippen LogP contribution in [-0.4, -0.2) is 58.6 Å². The molecule has 0 unspecified atom stereocenters. The minimum atomic E-state index is -3.66. The van der Waals surface area contributed by atoms with Gasteiger partial charge in [-0.3, -0.25) is 0 Å². The minimum absolute atomic E-state index is 0.197. The lowest BCUT2D eigenvalue weighted by Crippen LogP contribution is -2.41. The number of carbonyl (C=O) groups excluding carboxylic acids is 1. The second-order valence-electron chi connectivity index (χ2n) is 7.54. The van der Waals surface area contributed by atoms with Crippen molar-refractivity contribution in [2.24, 2.45) is 0 Å². The van der Waals surface area contributed by atoms with Gasteiger partial charge in [-0.05, 0) is 47.0 Å². The van der Waals surface area contributed by atoms with Crippen LogP contribution in [0.1, 0.15) is 5.56 Å². The summed E-state index contributed by atoms with van der Waals surface area (Å²) in [6.45, 7) is 1.63. The molecule has 3 aromatic rings. The number of hydrogen-bond acceptors (Lipinski definition) is 6. The molecule has 2 aliphatic heterocycles. The quantitative estimate of drug-likeness (QED) is 0.605. The maximum Gasteiger partial charge on any atom is 0.318 e. The van der Waals surface area contributed by atoms with Crippen molar-refractivity contribution in [3.05, 3.63) is 65.0 Å². The molecule has 11 heteroatoms. The van der Waals surface area contributed by atoms with Gasteiger partial charge in [0.1, 0.15) is 16.9 Å². The maximum atomic E-state index is 13.1. The predicted octanol–water partition coefficient (Wildman–Crippen LogP) is 2.36. The number of nitrogens with zero attached hydrogens (tertiary/aromatic N) is 4. The van der Waals surface area contributed by atoms with Gasteiger partial charge in [0.25, 0.3) is 0 Å². The minimum Gasteiger partial charge on any atom is -0.334 e. The number of amides is 2. The standard InChI is InChI=1S/C20H18FN5O3S2/c21-16-3-1-13(2-4-16)8-22-20(27)25-9-14-11-26(12-15(14)10-25)31(28,29)17-5-6-18-19(7-17)24-30-23-18/h1-7H,8-12H2,(H,22,27). The first-order valence-electron chi connectivity index (χ1n) is 9.59. The number of urea groups is 1. The number of sulfonamides is 1. The molecule has 1 aromatic heterocycles. The van der Waals surface area contributed by atoms with Gasteiger partial charge < -0.3 is 10.2 Å². The van der Waals surface area contributed by atoms with Crippen molar-refractivity contribution in [3.8, 4) is 0 Å². The molecule has 8 nitrogen and oxygen atoms in total. The van der Waals surface area contributed by atoms with Crippen LogP contribution in [-0.2, 0) is 16.6 Å². The highest BCUT2D eigenvalue weighted by Crippen LogP contribution is 2.30. The van der Waals surface area contributed by atoms with E-state index in [1.165, 1.54) is 16.4 Å². The highest BCUT2D eigenvalue weighted by molar-refractivity contribution is 7.89. The van der Waals surface area contributed by atoms with Crippen LogP contribution in [0.25, 0.3) is 11.0 Å². The first-order chi connectivity index (χ1) is 14.9. The predicted molar refractivity (Wildman–Crippen MR) is 113 cm³/mol. The second kappa shape index (κ2) is 7.66. The zero-order chi connectivity index (χ0) is 21.6. The average molecular weight is 460 g/mol. The van der Waals surface area contributed by atoms with E-state index < -0.39 is 10.0 Å². The first kappa shape index (κ1) is 20.0. The second-order valence-corrected chi connectivity index (χ2v) is 10.0. The Morgan fingerprint density at radius 2 is 1.68 bits per heavy atom. The van der Waals surface area contributed by atoms with Crippen LogP contribution in [0, 0.1) is 5.82 Å². The largest absolute Gasteiger partial charge is 0.334 e. The van der Waals surface area contributed by atoms with Crippen molar-refractivity contribution in [1.29, 1.82) is 0 Å². The number of benzene rings is 2. The Balaban J connectivity index is 1.20. The topological polar surface area (TPSA) is 95.5 Å². The molecule has 2 aliphatic rings. The molecule has 2 amide bonds. The molecule has 0 radical (unpaired) electrons. The fraction of sp³-hybridized carbons (Fsp3) is 0.250. The van der Waals surface area contributed by atoms with E-state index in [4.69, 9.17) is 0 Å². The zero-order valence-corrected chi connectivity index (χ0v) is 17.9. The normalized spacial score (nSPS) is 16.9. The van der Waals surface area contributed by atoms with Crippen molar-refractivity contribution < 1.29 is 17.6 Å². The van der Waals surface area contributed by atoms with E-state index in [1.54, 1.807) is 35.2 Å². The van der Waals surface area contributed by atoms with Gasteiger partial charge in [0, 0.05) is 32.7 Å². The summed E-state index contributed by atoms with van der Waals surface area (Å²) < 4.78 is 48.8. The molecule has 0 saturated carbocycles. The number of fused-ring (bicyclic) bond motifs is 1. The van der Waals surface area contributed by atoms with Crippen molar-refractivity contribution >= 4 is 38.8 Å². The monoisotopic (exact) mass is 459 g/mol. The van der Waals surface area contributed by atoms with Crippen molar-refractivity contribution in [2.45, 2.75) is 11.4 Å². The fourth-order valence-electron chi connectivity index (χ4n) is 3.82. The average Bonchev–Trinajstić information content (AvgIpc) is 3.47. The van der Waals surface area contributed by atoms with Crippen molar-refractivity contribution in [1.82, 2.24) is 23.3 Å². The lowest BCUT2D eigenvalue weighted by Gasteiger charge is -2.23. The summed E-state index contributed by atoms with van der Waals surface area (Å²) in [6.07, 6.45) is 0. The number of nitrogens with one attached hydrogen (secondary N) is 1. The molecule has 0 fully saturated rings. The third kappa shape index (κ3) is 3.80. The third-order valence-electron chi connectivity index (χ3n) is 5.51. The number of carbonyl (C=O) groups is 1. The molecule has 5 rings (SSSR count). The molecule has 1 N–H and O–H groups in total. The van der Waals surface area contributed by atoms with Crippen molar-refractivity contribution in [3.63, 3.8) is 0 Å². The smallest absolute Gasteiger partial charge is 0.318 e. The van der Waals surface area contributed by atoms with Crippen molar-refractivity contribution in [2.75, 3.05) is 26.2 Å². The van der Waals surface area contributed by atoms with E-state index in [9.17, 15) is 17.6 Å². The van der Waals surface area contributed by atoms with Crippen LogP contribution in [0.3, 0.4) is 0 Å². The van der Waals surface area contributed by atoms with Gasteiger partial charge in [-0.15, -0.1) is 0 Å². The fourth-order valence-corrected chi connectivity index (χ4v) is 5.79. The summed E-state index contributed by atoms with van der Waals surface area (Å²) in [6, 6.07) is 10.5. The van der Waals surface area contributed by atoms with Gasteiger partial charge >= 0.3 is 6.03 Å². The van der Waals surface area contributed by atoms with E-state index >= 15 is 0 Å². The molecule has 31 heavy (non-hydrogen) atoms. The van der Waals surface area contributed by atoms with Gasteiger partial charge in [-0.25, -0.2) is 17.6 Å². The molecular weight excluding hydrogens is 441 g/mol. The van der Waals surface area contributed by atoms with Gasteiger partial charge in [0.05, 0.1) is 16.6 Å². The zero-order valence-electron chi connectivity index (χ0n) is 16.3. The first-order valence-corrected chi connectivity index (χ1v) is 11.8. The van der Waals surface area contributed by atoms with E-state index in [0.717, 1.165) is 28.4 Å². The summed E-state index contributed by atoms with van der Waals surface area (Å²) in [4.78, 5) is 14.3. The molecular formula is C20H18FN5O3S2. The summed E-state index contributed by atoms with van der Waals surface area (Å²) in [7, 11) is -3.66. The molecule has 0 aliphatic carbocycles. The van der Waals surface area contributed by atoms with Crippen LogP contribution in [0.4, 0.5) is 9.18 Å². The van der Waals surface area contributed by atoms with Crippen LogP contribution in [0.15, 0.2) is 58.5 Å². The highest BCUT2D eigenvalue weighted by Gasteiger charge is 2.37. The van der Waals surface area contributed by atoms with Crippen LogP contribution in [0.2, 0.25) is 0 Å². The number of rotatable bonds is 4. The molecule has 160 valence electrons. The van der Waals surface area contributed by atoms with E-state index in [1.807, 2.05) is 0 Å². The lowest BCUT2D eigenvalue weighted by molar-refractivity contribution is 0.208. The van der Waals surface area contributed by atoms with Gasteiger partial charge in [0.2, 0.25) is 10.0 Å². The summed E-state index contributed by atoms with van der Waals surface area (Å²) >= 11 is 1.05. The number of hydrogen-bond donors (Lipinski definition) is 1. The molecule has 3 heterocycles. The van der Waals surface area contributed by atoms with Crippen LogP contribution < -0.4 is 5.32 Å². The Morgan fingerprint density at radius 1 is 1.00 bits per heavy atom. The Hall–Kier alpha value is -2.89. The van der Waals surface area contributed by atoms with E-state index in [2.05, 4.69) is 14.1 Å². The third-order valence-corrected chi connectivity index (χ3v) is 7.85. The van der Waals surface area contributed by atoms with Gasteiger partial charge in [0.15, 0.2) is 0 Å². The lowest BCUT2D eigenvalue weighted by atomic mass is 10.2. The maximum absolute atomic E-state index is 13.1. The number of halogens is 1. The summed E-state index contributed by atoms with van der Waals surface area (Å²) in [5.74, 6) is -0.321. The number of aromatic nitrogens is 2. The van der Waals surface area contributed by atoms with Crippen LogP contribution in [0.5, 0.6) is 0 Å². The summed E-state index contributed by atoms with van der Waals surface area (Å²) in [5, 5.41) is 2.83. The molecule has 0 saturated heterocycles. The van der Waals surface area contributed by atoms with Gasteiger partial charge in [-0.1, -0.05) is 12.1 Å². The van der Waals surface area contributed by atoms with Crippen LogP contribution >= 0.6 is 11.7 Å². The Labute approximate surface area is 182 Å². The highest BCUT2D eigenvalue weighted by atomic mass is 32.2. The Bertz CT molecular complexity index is 1290. The van der Waals surface area contributed by atoms with Gasteiger partial charge in [-0.2, -0.15) is 13.1 Å². The molecule has 2 aromatic carbocycles. The summed E-state index contributed by atoms with van der Waals surface area (Å²) in [5.41, 5.74) is 3.95. The molecule has 0 bridgehead atoms. The SMILES string of the molecule is O=C(NCc1ccc(F)cc1)N1CC2=C(C1)CN(S(=O)(=O)c1ccc3nsnc3c1)C2. The Morgan fingerprint density at radius 3 is 2.39 bits per heavy atom. The van der Waals surface area contributed by atoms with E-state index in [0.29, 0.717) is 30.7 Å².